The van der Waals surface area contributed by atoms with Crippen LogP contribution in [0.4, 0.5) is 0 Å². The maximum absolute atomic E-state index is 10.6. The molecule has 0 atom stereocenters. The molecule has 0 saturated carbocycles. The Labute approximate surface area is 127 Å². The fraction of sp³-hybridized carbons (Fsp3) is 0.176. The first-order valence-corrected chi connectivity index (χ1v) is 7.07. The molecule has 0 radical (unpaired) electrons. The Kier molecular flexibility index (Phi) is 4.05. The topological polar surface area (TPSA) is 63.8 Å². The number of nitrogens with zero attached hydrogens (tertiary/aromatic N) is 2. The van der Waals surface area contributed by atoms with E-state index in [1.165, 1.54) is 0 Å². The highest BCUT2D eigenvalue weighted by Crippen LogP contribution is 2.17. The molecule has 0 fully saturated rings. The number of fused-ring (bicyclic) bond motifs is 1. The van der Waals surface area contributed by atoms with Crippen LogP contribution in [-0.2, 0) is 17.8 Å². The number of aromatic nitrogens is 2. The lowest BCUT2D eigenvalue weighted by molar-refractivity contribution is -0.136. The standard InChI is InChI=1S/C17H16N2O3/c20-17(21)8-5-13-3-6-15(7-4-13)22-12-14-2-1-11-19-16(14)9-10-18-19/h1-4,6-7,9-11H,5,8,12H2,(H,20,21). The number of aliphatic carboxylic acids is 1. The number of carboxylic acid groups (broad SMARTS) is 1. The molecule has 2 aromatic heterocycles. The van der Waals surface area contributed by atoms with Crippen LogP contribution in [0, 0.1) is 0 Å². The number of benzene rings is 1. The Bertz CT molecular complexity index is 778. The zero-order chi connectivity index (χ0) is 15.4. The summed E-state index contributed by atoms with van der Waals surface area (Å²) >= 11 is 0. The molecule has 112 valence electrons. The van der Waals surface area contributed by atoms with Crippen molar-refractivity contribution in [2.24, 2.45) is 0 Å². The largest absolute Gasteiger partial charge is 0.489 e. The minimum Gasteiger partial charge on any atom is -0.489 e. The van der Waals surface area contributed by atoms with Crippen LogP contribution < -0.4 is 4.74 Å². The molecular formula is C17H16N2O3. The van der Waals surface area contributed by atoms with Gasteiger partial charge in [-0.3, -0.25) is 4.79 Å². The number of carboxylic acids is 1. The van der Waals surface area contributed by atoms with E-state index < -0.39 is 5.97 Å². The summed E-state index contributed by atoms with van der Waals surface area (Å²) in [6, 6.07) is 13.4. The molecule has 5 heteroatoms. The van der Waals surface area contributed by atoms with E-state index in [0.717, 1.165) is 22.4 Å². The van der Waals surface area contributed by atoms with Crippen LogP contribution >= 0.6 is 0 Å². The number of aryl methyl sites for hydroxylation is 1. The SMILES string of the molecule is O=C(O)CCc1ccc(OCc2cccn3nccc23)cc1. The third kappa shape index (κ3) is 3.25. The van der Waals surface area contributed by atoms with Gasteiger partial charge in [-0.25, -0.2) is 4.52 Å². The van der Waals surface area contributed by atoms with Crippen molar-refractivity contribution in [2.75, 3.05) is 0 Å². The summed E-state index contributed by atoms with van der Waals surface area (Å²) in [6.07, 6.45) is 4.33. The maximum atomic E-state index is 10.6. The fourth-order valence-electron chi connectivity index (χ4n) is 2.30. The van der Waals surface area contributed by atoms with Crippen LogP contribution in [0.3, 0.4) is 0 Å². The zero-order valence-corrected chi connectivity index (χ0v) is 12.0. The fourth-order valence-corrected chi connectivity index (χ4v) is 2.30. The highest BCUT2D eigenvalue weighted by Gasteiger charge is 2.03. The van der Waals surface area contributed by atoms with Crippen molar-refractivity contribution in [3.05, 3.63) is 66.0 Å². The molecule has 0 amide bonds. The average molecular weight is 296 g/mol. The van der Waals surface area contributed by atoms with Crippen molar-refractivity contribution in [1.29, 1.82) is 0 Å². The van der Waals surface area contributed by atoms with E-state index >= 15 is 0 Å². The Hall–Kier alpha value is -2.82. The number of rotatable bonds is 6. The van der Waals surface area contributed by atoms with Crippen molar-refractivity contribution < 1.29 is 14.6 Å². The van der Waals surface area contributed by atoms with Crippen LogP contribution in [0.25, 0.3) is 5.52 Å². The van der Waals surface area contributed by atoms with Gasteiger partial charge >= 0.3 is 5.97 Å². The first-order chi connectivity index (χ1) is 10.7. The van der Waals surface area contributed by atoms with E-state index in [2.05, 4.69) is 5.10 Å². The third-order valence-electron chi connectivity index (χ3n) is 3.47. The second kappa shape index (κ2) is 6.30. The summed E-state index contributed by atoms with van der Waals surface area (Å²) in [5, 5.41) is 12.9. The Morgan fingerprint density at radius 3 is 2.77 bits per heavy atom. The van der Waals surface area contributed by atoms with Crippen LogP contribution in [-0.4, -0.2) is 20.7 Å². The van der Waals surface area contributed by atoms with Gasteiger partial charge in [0.05, 0.1) is 5.52 Å². The minimum atomic E-state index is -0.783. The number of carbonyl (C=O) groups is 1. The molecule has 0 saturated heterocycles. The molecule has 3 aromatic rings. The van der Waals surface area contributed by atoms with Crippen LogP contribution in [0.15, 0.2) is 54.9 Å². The van der Waals surface area contributed by atoms with Gasteiger partial charge < -0.3 is 9.84 Å². The average Bonchev–Trinajstić information content (AvgIpc) is 3.01. The molecule has 0 aliphatic carbocycles. The molecule has 0 aliphatic heterocycles. The van der Waals surface area contributed by atoms with Crippen molar-refractivity contribution >= 4 is 11.5 Å². The monoisotopic (exact) mass is 296 g/mol. The van der Waals surface area contributed by atoms with E-state index in [1.54, 1.807) is 6.20 Å². The second-order valence-corrected chi connectivity index (χ2v) is 5.02. The Morgan fingerprint density at radius 1 is 1.18 bits per heavy atom. The van der Waals surface area contributed by atoms with Crippen molar-refractivity contribution in [3.63, 3.8) is 0 Å². The Balaban J connectivity index is 1.64. The number of hydrogen-bond donors (Lipinski definition) is 1. The molecule has 22 heavy (non-hydrogen) atoms. The molecule has 2 heterocycles. The highest BCUT2D eigenvalue weighted by atomic mass is 16.5. The van der Waals surface area contributed by atoms with Crippen LogP contribution in [0.1, 0.15) is 17.5 Å². The predicted octanol–water partition coefficient (Wildman–Crippen LogP) is 2.93. The minimum absolute atomic E-state index is 0.142. The molecule has 0 unspecified atom stereocenters. The lowest BCUT2D eigenvalue weighted by atomic mass is 10.1. The Morgan fingerprint density at radius 2 is 2.00 bits per heavy atom. The van der Waals surface area contributed by atoms with E-state index in [4.69, 9.17) is 9.84 Å². The smallest absolute Gasteiger partial charge is 0.303 e. The normalized spacial score (nSPS) is 10.7. The summed E-state index contributed by atoms with van der Waals surface area (Å²) < 4.78 is 7.61. The molecule has 5 nitrogen and oxygen atoms in total. The summed E-state index contributed by atoms with van der Waals surface area (Å²) in [5.74, 6) is -0.0187. The van der Waals surface area contributed by atoms with Crippen LogP contribution in [0.5, 0.6) is 5.75 Å². The summed E-state index contributed by atoms with van der Waals surface area (Å²) in [5.41, 5.74) is 3.09. The van der Waals surface area contributed by atoms with E-state index in [1.807, 2.05) is 53.2 Å². The number of pyridine rings is 1. The molecule has 0 spiro atoms. The van der Waals surface area contributed by atoms with Gasteiger partial charge in [0.15, 0.2) is 0 Å². The predicted molar refractivity (Wildman–Crippen MR) is 81.9 cm³/mol. The van der Waals surface area contributed by atoms with Gasteiger partial charge in [-0.1, -0.05) is 18.2 Å². The van der Waals surface area contributed by atoms with Crippen molar-refractivity contribution in [2.45, 2.75) is 19.4 Å². The van der Waals surface area contributed by atoms with Gasteiger partial charge in [0.2, 0.25) is 0 Å². The lowest BCUT2D eigenvalue weighted by Crippen LogP contribution is -1.99. The quantitative estimate of drug-likeness (QED) is 0.759. The maximum Gasteiger partial charge on any atom is 0.303 e. The van der Waals surface area contributed by atoms with E-state index in [9.17, 15) is 4.79 Å². The van der Waals surface area contributed by atoms with Gasteiger partial charge in [0, 0.05) is 24.4 Å². The third-order valence-corrected chi connectivity index (χ3v) is 3.47. The molecule has 1 N–H and O–H groups in total. The first kappa shape index (κ1) is 14.1. The van der Waals surface area contributed by atoms with Crippen LogP contribution in [0.2, 0.25) is 0 Å². The summed E-state index contributed by atoms with van der Waals surface area (Å²) in [4.78, 5) is 10.6. The van der Waals surface area contributed by atoms with Gasteiger partial charge in [0.1, 0.15) is 12.4 Å². The molecule has 1 aromatic carbocycles. The van der Waals surface area contributed by atoms with Crippen molar-refractivity contribution in [1.82, 2.24) is 9.61 Å². The summed E-state index contributed by atoms with van der Waals surface area (Å²) in [7, 11) is 0. The number of ether oxygens (including phenoxy) is 1. The zero-order valence-electron chi connectivity index (χ0n) is 12.0. The van der Waals surface area contributed by atoms with Gasteiger partial charge in [0.25, 0.3) is 0 Å². The lowest BCUT2D eigenvalue weighted by Gasteiger charge is -2.08. The van der Waals surface area contributed by atoms with Gasteiger partial charge in [-0.15, -0.1) is 0 Å². The summed E-state index contributed by atoms with van der Waals surface area (Å²) in [6.45, 7) is 0.463. The second-order valence-electron chi connectivity index (χ2n) is 5.02. The highest BCUT2D eigenvalue weighted by molar-refractivity contribution is 5.67. The van der Waals surface area contributed by atoms with E-state index in [-0.39, 0.29) is 6.42 Å². The number of hydrogen-bond acceptors (Lipinski definition) is 3. The van der Waals surface area contributed by atoms with Crippen molar-refractivity contribution in [3.8, 4) is 5.75 Å². The first-order valence-electron chi connectivity index (χ1n) is 7.07. The molecule has 0 bridgehead atoms. The van der Waals surface area contributed by atoms with E-state index in [0.29, 0.717) is 13.0 Å². The van der Waals surface area contributed by atoms with Gasteiger partial charge in [-0.05, 0) is 36.2 Å². The molecular weight excluding hydrogens is 280 g/mol. The molecule has 0 aliphatic rings. The van der Waals surface area contributed by atoms with Gasteiger partial charge in [-0.2, -0.15) is 5.10 Å². The molecule has 3 rings (SSSR count).